The molecule has 3 aromatic rings. The smallest absolute Gasteiger partial charge is 0.269 e. The highest BCUT2D eigenvalue weighted by atomic mass is 16.6. The molecule has 7 heteroatoms. The molecule has 1 atom stereocenters. The summed E-state index contributed by atoms with van der Waals surface area (Å²) in [6.45, 7) is 2.83. The molecule has 1 aliphatic heterocycles. The van der Waals surface area contributed by atoms with E-state index in [9.17, 15) is 10.1 Å². The van der Waals surface area contributed by atoms with Crippen LogP contribution in [0.25, 0.3) is 11.3 Å². The third kappa shape index (κ3) is 2.78. The van der Waals surface area contributed by atoms with Crippen molar-refractivity contribution >= 4 is 5.69 Å². The summed E-state index contributed by atoms with van der Waals surface area (Å²) in [7, 11) is 0. The average molecular weight is 336 g/mol. The maximum atomic E-state index is 10.9. The second-order valence-corrected chi connectivity index (χ2v) is 6.03. The van der Waals surface area contributed by atoms with Crippen LogP contribution in [0, 0.1) is 17.0 Å². The van der Waals surface area contributed by atoms with E-state index in [2.05, 4.69) is 10.3 Å². The van der Waals surface area contributed by atoms with Crippen molar-refractivity contribution < 1.29 is 9.66 Å². The molecule has 0 saturated heterocycles. The lowest BCUT2D eigenvalue weighted by Gasteiger charge is -2.24. The van der Waals surface area contributed by atoms with E-state index in [0.717, 1.165) is 28.1 Å². The number of nitro benzene ring substituents is 1. The summed E-state index contributed by atoms with van der Waals surface area (Å²) in [5.41, 5.74) is 4.43. The molecular formula is C18H16N4O3. The van der Waals surface area contributed by atoms with Gasteiger partial charge >= 0.3 is 0 Å². The SMILES string of the molecule is Cc1cc([N+](=O)[O-])ccc1-c1nnn2c1COC(c1ccccc1)C2. The summed E-state index contributed by atoms with van der Waals surface area (Å²) in [5, 5.41) is 19.5. The zero-order valence-corrected chi connectivity index (χ0v) is 13.6. The summed E-state index contributed by atoms with van der Waals surface area (Å²) in [4.78, 5) is 10.5. The van der Waals surface area contributed by atoms with Gasteiger partial charge in [0, 0.05) is 17.7 Å². The van der Waals surface area contributed by atoms with Gasteiger partial charge in [-0.25, -0.2) is 4.68 Å². The second kappa shape index (κ2) is 6.10. The number of ether oxygens (including phenoxy) is 1. The van der Waals surface area contributed by atoms with Gasteiger partial charge in [-0.2, -0.15) is 0 Å². The van der Waals surface area contributed by atoms with Crippen LogP contribution in [-0.2, 0) is 17.9 Å². The fourth-order valence-corrected chi connectivity index (χ4v) is 3.12. The molecule has 0 amide bonds. The lowest BCUT2D eigenvalue weighted by Crippen LogP contribution is -2.22. The van der Waals surface area contributed by atoms with Crippen LogP contribution in [0.4, 0.5) is 5.69 Å². The van der Waals surface area contributed by atoms with Crippen LogP contribution in [0.2, 0.25) is 0 Å². The first kappa shape index (κ1) is 15.5. The van der Waals surface area contributed by atoms with Crippen LogP contribution in [-0.4, -0.2) is 19.9 Å². The van der Waals surface area contributed by atoms with Gasteiger partial charge in [-0.05, 0) is 24.1 Å². The first-order valence-corrected chi connectivity index (χ1v) is 7.98. The van der Waals surface area contributed by atoms with E-state index in [1.165, 1.54) is 6.07 Å². The third-order valence-electron chi connectivity index (χ3n) is 4.44. The minimum absolute atomic E-state index is 0.0544. The zero-order valence-electron chi connectivity index (χ0n) is 13.6. The van der Waals surface area contributed by atoms with E-state index < -0.39 is 4.92 Å². The molecule has 0 aliphatic carbocycles. The lowest BCUT2D eigenvalue weighted by molar-refractivity contribution is -0.384. The number of nitrogens with zero attached hydrogens (tertiary/aromatic N) is 4. The van der Waals surface area contributed by atoms with E-state index in [1.807, 2.05) is 41.9 Å². The summed E-state index contributed by atoms with van der Waals surface area (Å²) < 4.78 is 7.86. The molecule has 126 valence electrons. The Balaban J connectivity index is 1.66. The Hall–Kier alpha value is -3.06. The molecular weight excluding hydrogens is 320 g/mol. The molecule has 1 aliphatic rings. The van der Waals surface area contributed by atoms with Crippen LogP contribution >= 0.6 is 0 Å². The topological polar surface area (TPSA) is 83.1 Å². The van der Waals surface area contributed by atoms with Gasteiger partial charge in [-0.15, -0.1) is 5.10 Å². The number of non-ortho nitro benzene ring substituents is 1. The zero-order chi connectivity index (χ0) is 17.4. The maximum Gasteiger partial charge on any atom is 0.269 e. The molecule has 4 rings (SSSR count). The van der Waals surface area contributed by atoms with Gasteiger partial charge in [-0.1, -0.05) is 35.5 Å². The number of hydrogen-bond donors (Lipinski definition) is 0. The number of aryl methyl sites for hydroxylation is 1. The number of nitro groups is 1. The van der Waals surface area contributed by atoms with E-state index in [0.29, 0.717) is 13.2 Å². The van der Waals surface area contributed by atoms with Gasteiger partial charge < -0.3 is 4.74 Å². The standard InChI is InChI=1S/C18H16N4O3/c1-12-9-14(22(23)24)7-8-15(12)18-16-11-25-17(10-21(16)20-19-18)13-5-3-2-4-6-13/h2-9,17H,10-11H2,1H3. The first-order valence-electron chi connectivity index (χ1n) is 7.98. The summed E-state index contributed by atoms with van der Waals surface area (Å²) >= 11 is 0. The third-order valence-corrected chi connectivity index (χ3v) is 4.44. The van der Waals surface area contributed by atoms with Crippen molar-refractivity contribution in [1.29, 1.82) is 0 Å². The molecule has 25 heavy (non-hydrogen) atoms. The van der Waals surface area contributed by atoms with Gasteiger partial charge in [0.25, 0.3) is 5.69 Å². The van der Waals surface area contributed by atoms with Crippen molar-refractivity contribution in [2.45, 2.75) is 26.2 Å². The number of aromatic nitrogens is 3. The van der Waals surface area contributed by atoms with Crippen molar-refractivity contribution in [3.8, 4) is 11.3 Å². The molecule has 1 unspecified atom stereocenters. The molecule has 2 heterocycles. The van der Waals surface area contributed by atoms with Crippen molar-refractivity contribution in [3.05, 3.63) is 75.5 Å². The number of rotatable bonds is 3. The first-order chi connectivity index (χ1) is 12.1. The van der Waals surface area contributed by atoms with Crippen LogP contribution < -0.4 is 0 Å². The predicted octanol–water partition coefficient (Wildman–Crippen LogP) is 3.43. The van der Waals surface area contributed by atoms with Crippen LogP contribution in [0.5, 0.6) is 0 Å². The van der Waals surface area contributed by atoms with Gasteiger partial charge in [-0.3, -0.25) is 10.1 Å². The number of benzene rings is 2. The predicted molar refractivity (Wildman–Crippen MR) is 90.8 cm³/mol. The Morgan fingerprint density at radius 1 is 1.24 bits per heavy atom. The maximum absolute atomic E-state index is 10.9. The van der Waals surface area contributed by atoms with Crippen molar-refractivity contribution in [3.63, 3.8) is 0 Å². The van der Waals surface area contributed by atoms with E-state index >= 15 is 0 Å². The molecule has 0 spiro atoms. The van der Waals surface area contributed by atoms with E-state index in [1.54, 1.807) is 12.1 Å². The second-order valence-electron chi connectivity index (χ2n) is 6.03. The van der Waals surface area contributed by atoms with Gasteiger partial charge in [0.15, 0.2) is 0 Å². The Morgan fingerprint density at radius 2 is 2.04 bits per heavy atom. The minimum atomic E-state index is -0.398. The summed E-state index contributed by atoms with van der Waals surface area (Å²) in [5.74, 6) is 0. The highest BCUT2D eigenvalue weighted by Gasteiger charge is 2.26. The Bertz CT molecular complexity index is 937. The molecule has 0 radical (unpaired) electrons. The highest BCUT2D eigenvalue weighted by Crippen LogP contribution is 2.32. The van der Waals surface area contributed by atoms with E-state index in [4.69, 9.17) is 4.74 Å². The van der Waals surface area contributed by atoms with Gasteiger partial charge in [0.2, 0.25) is 0 Å². The lowest BCUT2D eigenvalue weighted by atomic mass is 10.0. The highest BCUT2D eigenvalue weighted by molar-refractivity contribution is 5.67. The Labute approximate surface area is 144 Å². The molecule has 0 N–H and O–H groups in total. The fraction of sp³-hybridized carbons (Fsp3) is 0.222. The quantitative estimate of drug-likeness (QED) is 0.540. The molecule has 0 fully saturated rings. The Morgan fingerprint density at radius 3 is 2.76 bits per heavy atom. The monoisotopic (exact) mass is 336 g/mol. The van der Waals surface area contributed by atoms with Crippen molar-refractivity contribution in [1.82, 2.24) is 15.0 Å². The number of hydrogen-bond acceptors (Lipinski definition) is 5. The van der Waals surface area contributed by atoms with Crippen LogP contribution in [0.3, 0.4) is 0 Å². The van der Waals surface area contributed by atoms with Gasteiger partial charge in [0.05, 0.1) is 23.8 Å². The van der Waals surface area contributed by atoms with Crippen molar-refractivity contribution in [2.24, 2.45) is 0 Å². The minimum Gasteiger partial charge on any atom is -0.365 e. The average Bonchev–Trinajstić information content (AvgIpc) is 3.05. The Kier molecular flexibility index (Phi) is 3.77. The summed E-state index contributed by atoms with van der Waals surface area (Å²) in [6, 6.07) is 14.8. The number of fused-ring (bicyclic) bond motifs is 1. The summed E-state index contributed by atoms with van der Waals surface area (Å²) in [6.07, 6.45) is -0.0544. The van der Waals surface area contributed by atoms with Crippen LogP contribution in [0.15, 0.2) is 48.5 Å². The molecule has 7 nitrogen and oxygen atoms in total. The largest absolute Gasteiger partial charge is 0.365 e. The fourth-order valence-electron chi connectivity index (χ4n) is 3.12. The van der Waals surface area contributed by atoms with Crippen molar-refractivity contribution in [2.75, 3.05) is 0 Å². The normalized spacial score (nSPS) is 16.4. The molecule has 2 aromatic carbocycles. The van der Waals surface area contributed by atoms with E-state index in [-0.39, 0.29) is 11.8 Å². The molecule has 0 bridgehead atoms. The molecule has 1 aromatic heterocycles. The van der Waals surface area contributed by atoms with Crippen LogP contribution in [0.1, 0.15) is 22.9 Å². The van der Waals surface area contributed by atoms with Gasteiger partial charge in [0.1, 0.15) is 11.8 Å². The molecule has 0 saturated carbocycles.